The van der Waals surface area contributed by atoms with Gasteiger partial charge >= 0.3 is 0 Å². The van der Waals surface area contributed by atoms with Crippen molar-refractivity contribution in [2.75, 3.05) is 52.9 Å². The number of methoxy groups -OCH3 is 3. The molecule has 1 aromatic rings. The Morgan fingerprint density at radius 2 is 1.68 bits per heavy atom. The molecule has 0 amide bonds. The summed E-state index contributed by atoms with van der Waals surface area (Å²) in [6.45, 7) is 3.13. The van der Waals surface area contributed by atoms with Crippen molar-refractivity contribution in [3.63, 3.8) is 0 Å². The van der Waals surface area contributed by atoms with Crippen LogP contribution in [0, 0.1) is 5.92 Å². The molecule has 0 aromatic heterocycles. The fourth-order valence-corrected chi connectivity index (χ4v) is 2.32. The van der Waals surface area contributed by atoms with Crippen molar-refractivity contribution in [1.82, 2.24) is 5.32 Å². The standard InChI is InChI=1S/C14H22N2O3/c1-16(9-10-7-15-8-10)14-12(18-3)5-11(17-2)6-13(14)19-4/h5-6,10,15H,7-9H2,1-4H3. The minimum atomic E-state index is 0.682. The second-order valence-corrected chi connectivity index (χ2v) is 4.79. The smallest absolute Gasteiger partial charge is 0.149 e. The molecule has 0 aliphatic carbocycles. The maximum atomic E-state index is 5.47. The van der Waals surface area contributed by atoms with E-state index in [0.717, 1.165) is 42.6 Å². The third-order valence-corrected chi connectivity index (χ3v) is 3.47. The molecule has 1 aliphatic rings. The number of nitrogens with zero attached hydrogens (tertiary/aromatic N) is 1. The Hall–Kier alpha value is -1.62. The molecule has 5 heteroatoms. The molecule has 0 atom stereocenters. The quantitative estimate of drug-likeness (QED) is 0.842. The average molecular weight is 266 g/mol. The van der Waals surface area contributed by atoms with Gasteiger partial charge < -0.3 is 24.4 Å². The van der Waals surface area contributed by atoms with E-state index in [0.29, 0.717) is 5.92 Å². The summed E-state index contributed by atoms with van der Waals surface area (Å²) in [7, 11) is 7.02. The van der Waals surface area contributed by atoms with Crippen LogP contribution in [0.4, 0.5) is 5.69 Å². The Labute approximate surface area is 114 Å². The van der Waals surface area contributed by atoms with Crippen LogP contribution in [-0.2, 0) is 0 Å². The number of nitrogens with one attached hydrogen (secondary N) is 1. The van der Waals surface area contributed by atoms with Gasteiger partial charge in [0.05, 0.1) is 21.3 Å². The summed E-state index contributed by atoms with van der Waals surface area (Å²) in [6, 6.07) is 3.76. The summed E-state index contributed by atoms with van der Waals surface area (Å²) in [6.07, 6.45) is 0. The van der Waals surface area contributed by atoms with Crippen LogP contribution >= 0.6 is 0 Å². The lowest BCUT2D eigenvalue weighted by atomic mass is 10.0. The SMILES string of the molecule is COc1cc(OC)c(N(C)CC2CNC2)c(OC)c1. The molecule has 0 spiro atoms. The lowest BCUT2D eigenvalue weighted by Crippen LogP contribution is -2.47. The number of ether oxygens (including phenoxy) is 3. The van der Waals surface area contributed by atoms with Crippen LogP contribution < -0.4 is 24.4 Å². The van der Waals surface area contributed by atoms with Crippen LogP contribution in [0.1, 0.15) is 0 Å². The zero-order valence-electron chi connectivity index (χ0n) is 12.0. The number of benzene rings is 1. The molecule has 0 unspecified atom stereocenters. The highest BCUT2D eigenvalue weighted by atomic mass is 16.5. The molecule has 1 aromatic carbocycles. The first-order valence-corrected chi connectivity index (χ1v) is 6.41. The van der Waals surface area contributed by atoms with E-state index in [9.17, 15) is 0 Å². The summed E-state index contributed by atoms with van der Waals surface area (Å²) in [5.41, 5.74) is 0.970. The molecule has 106 valence electrons. The van der Waals surface area contributed by atoms with E-state index < -0.39 is 0 Å². The van der Waals surface area contributed by atoms with E-state index in [2.05, 4.69) is 17.3 Å². The molecule has 5 nitrogen and oxygen atoms in total. The van der Waals surface area contributed by atoms with Crippen LogP contribution in [0.15, 0.2) is 12.1 Å². The summed E-state index contributed by atoms with van der Waals surface area (Å²) in [5, 5.41) is 3.28. The van der Waals surface area contributed by atoms with Gasteiger partial charge in [0.15, 0.2) is 0 Å². The van der Waals surface area contributed by atoms with Gasteiger partial charge in [0.25, 0.3) is 0 Å². The summed E-state index contributed by atoms with van der Waals surface area (Å²) >= 11 is 0. The topological polar surface area (TPSA) is 43.0 Å². The molecule has 1 heterocycles. The predicted octanol–water partition coefficient (Wildman–Crippen LogP) is 1.37. The Kier molecular flexibility index (Phi) is 4.37. The third kappa shape index (κ3) is 2.87. The van der Waals surface area contributed by atoms with Crippen molar-refractivity contribution in [1.29, 1.82) is 0 Å². The van der Waals surface area contributed by atoms with E-state index in [4.69, 9.17) is 14.2 Å². The van der Waals surface area contributed by atoms with Crippen LogP contribution in [0.3, 0.4) is 0 Å². The van der Waals surface area contributed by atoms with Crippen molar-refractivity contribution < 1.29 is 14.2 Å². The zero-order chi connectivity index (χ0) is 13.8. The third-order valence-electron chi connectivity index (χ3n) is 3.47. The van der Waals surface area contributed by atoms with Gasteiger partial charge in [-0.25, -0.2) is 0 Å². The summed E-state index contributed by atoms with van der Waals surface area (Å²) in [5.74, 6) is 2.95. The van der Waals surface area contributed by atoms with Gasteiger partial charge in [0.1, 0.15) is 22.9 Å². The van der Waals surface area contributed by atoms with Gasteiger partial charge in [-0.2, -0.15) is 0 Å². The fourth-order valence-electron chi connectivity index (χ4n) is 2.32. The second-order valence-electron chi connectivity index (χ2n) is 4.79. The Balaban J connectivity index is 2.29. The van der Waals surface area contributed by atoms with Crippen molar-refractivity contribution in [2.24, 2.45) is 5.92 Å². The molecule has 1 saturated heterocycles. The maximum Gasteiger partial charge on any atom is 0.149 e. The maximum absolute atomic E-state index is 5.47. The molecule has 0 radical (unpaired) electrons. The largest absolute Gasteiger partial charge is 0.496 e. The van der Waals surface area contributed by atoms with Gasteiger partial charge in [-0.1, -0.05) is 0 Å². The van der Waals surface area contributed by atoms with Crippen LogP contribution in [0.25, 0.3) is 0 Å². The van der Waals surface area contributed by atoms with E-state index in [1.165, 1.54) is 0 Å². The number of hydrogen-bond acceptors (Lipinski definition) is 5. The van der Waals surface area contributed by atoms with Gasteiger partial charge in [-0.15, -0.1) is 0 Å². The van der Waals surface area contributed by atoms with E-state index >= 15 is 0 Å². The molecular formula is C14H22N2O3. The Morgan fingerprint density at radius 3 is 2.05 bits per heavy atom. The van der Waals surface area contributed by atoms with Crippen molar-refractivity contribution >= 4 is 5.69 Å². The van der Waals surface area contributed by atoms with Crippen molar-refractivity contribution in [3.05, 3.63) is 12.1 Å². The van der Waals surface area contributed by atoms with Crippen LogP contribution in [0.5, 0.6) is 17.2 Å². The van der Waals surface area contributed by atoms with Gasteiger partial charge in [0.2, 0.25) is 0 Å². The number of anilines is 1. The molecule has 19 heavy (non-hydrogen) atoms. The minimum Gasteiger partial charge on any atom is -0.496 e. The number of hydrogen-bond donors (Lipinski definition) is 1. The molecular weight excluding hydrogens is 244 g/mol. The summed E-state index contributed by atoms with van der Waals surface area (Å²) in [4.78, 5) is 2.18. The normalized spacial score (nSPS) is 14.7. The molecule has 0 saturated carbocycles. The molecule has 1 N–H and O–H groups in total. The number of rotatable bonds is 6. The summed E-state index contributed by atoms with van der Waals surface area (Å²) < 4.78 is 16.2. The van der Waals surface area contributed by atoms with E-state index in [-0.39, 0.29) is 0 Å². The second kappa shape index (κ2) is 6.02. The lowest BCUT2D eigenvalue weighted by molar-refractivity contribution is 0.346. The first kappa shape index (κ1) is 13.8. The zero-order valence-corrected chi connectivity index (χ0v) is 12.0. The van der Waals surface area contributed by atoms with Gasteiger partial charge in [-0.3, -0.25) is 0 Å². The van der Waals surface area contributed by atoms with E-state index in [1.54, 1.807) is 21.3 Å². The highest BCUT2D eigenvalue weighted by Gasteiger charge is 2.23. The van der Waals surface area contributed by atoms with Gasteiger partial charge in [-0.05, 0) is 0 Å². The molecule has 2 rings (SSSR count). The lowest BCUT2D eigenvalue weighted by Gasteiger charge is -2.33. The van der Waals surface area contributed by atoms with Crippen molar-refractivity contribution in [2.45, 2.75) is 0 Å². The van der Waals surface area contributed by atoms with Crippen LogP contribution in [-0.4, -0.2) is 48.0 Å². The molecule has 1 aliphatic heterocycles. The van der Waals surface area contributed by atoms with Gasteiger partial charge in [0, 0.05) is 44.7 Å². The minimum absolute atomic E-state index is 0.682. The average Bonchev–Trinajstić information content (AvgIpc) is 2.40. The molecule has 0 bridgehead atoms. The first-order valence-electron chi connectivity index (χ1n) is 6.41. The first-order chi connectivity index (χ1) is 9.19. The highest BCUT2D eigenvalue weighted by molar-refractivity contribution is 5.70. The predicted molar refractivity (Wildman–Crippen MR) is 75.7 cm³/mol. The monoisotopic (exact) mass is 266 g/mol. The van der Waals surface area contributed by atoms with Crippen LogP contribution in [0.2, 0.25) is 0 Å². The molecule has 1 fully saturated rings. The Morgan fingerprint density at radius 1 is 1.11 bits per heavy atom. The fraction of sp³-hybridized carbons (Fsp3) is 0.571. The van der Waals surface area contributed by atoms with E-state index in [1.807, 2.05) is 12.1 Å². The highest BCUT2D eigenvalue weighted by Crippen LogP contribution is 2.41. The Bertz CT molecular complexity index is 408. The van der Waals surface area contributed by atoms with Crippen molar-refractivity contribution in [3.8, 4) is 17.2 Å².